The monoisotopic (exact) mass is 303 g/mol. The number of hydrogen-bond acceptors (Lipinski definition) is 4. The van der Waals surface area contributed by atoms with Crippen molar-refractivity contribution < 1.29 is 19.0 Å². The van der Waals surface area contributed by atoms with E-state index in [0.29, 0.717) is 5.75 Å². The summed E-state index contributed by atoms with van der Waals surface area (Å²) in [5, 5.41) is 19.0. The van der Waals surface area contributed by atoms with E-state index in [-0.39, 0.29) is 12.2 Å². The van der Waals surface area contributed by atoms with Crippen molar-refractivity contribution in [2.75, 3.05) is 0 Å². The molecule has 0 saturated carbocycles. The van der Waals surface area contributed by atoms with Gasteiger partial charge in [-0.3, -0.25) is 0 Å². The number of nitriles is 1. The average molecular weight is 303 g/mol. The quantitative estimate of drug-likeness (QED) is 0.859. The number of aliphatic carboxylic acids is 1. The minimum absolute atomic E-state index is 0.0282. The molecule has 0 aliphatic heterocycles. The number of rotatable bonds is 5. The third kappa shape index (κ3) is 4.16. The van der Waals surface area contributed by atoms with Crippen molar-refractivity contribution in [2.45, 2.75) is 6.61 Å². The van der Waals surface area contributed by atoms with E-state index in [2.05, 4.69) is 0 Å². The van der Waals surface area contributed by atoms with E-state index in [1.807, 2.05) is 0 Å². The molecule has 2 aromatic rings. The first kappa shape index (κ1) is 14.8. The van der Waals surface area contributed by atoms with Gasteiger partial charge < -0.3 is 9.84 Å². The molecule has 1 aromatic carbocycles. The van der Waals surface area contributed by atoms with Crippen molar-refractivity contribution in [1.29, 1.82) is 5.26 Å². The van der Waals surface area contributed by atoms with E-state index in [1.54, 1.807) is 17.5 Å². The first-order chi connectivity index (χ1) is 10.1. The van der Waals surface area contributed by atoms with Crippen LogP contribution >= 0.6 is 11.3 Å². The van der Waals surface area contributed by atoms with Crippen LogP contribution in [-0.4, -0.2) is 11.1 Å². The molecule has 1 aromatic heterocycles. The summed E-state index contributed by atoms with van der Waals surface area (Å²) in [6.45, 7) is 0.247. The summed E-state index contributed by atoms with van der Waals surface area (Å²) in [6.07, 6.45) is 2.55. The largest absolute Gasteiger partial charge is 0.488 e. The van der Waals surface area contributed by atoms with Gasteiger partial charge in [-0.05, 0) is 35.2 Å². The molecule has 21 heavy (non-hydrogen) atoms. The molecule has 1 heterocycles. The summed E-state index contributed by atoms with van der Waals surface area (Å²) >= 11 is 1.42. The molecule has 0 amide bonds. The van der Waals surface area contributed by atoms with Crippen LogP contribution in [0.25, 0.3) is 6.08 Å². The van der Waals surface area contributed by atoms with Crippen LogP contribution in [0.15, 0.2) is 35.7 Å². The number of ether oxygens (including phenoxy) is 1. The molecule has 1 N–H and O–H groups in total. The second-order valence-electron chi connectivity index (χ2n) is 4.06. The Morgan fingerprint density at radius 2 is 2.29 bits per heavy atom. The smallest absolute Gasteiger partial charge is 0.328 e. The van der Waals surface area contributed by atoms with Crippen molar-refractivity contribution in [3.8, 4) is 11.8 Å². The van der Waals surface area contributed by atoms with Crippen molar-refractivity contribution in [1.82, 2.24) is 0 Å². The Bertz CT molecular complexity index is 731. The fourth-order valence-corrected chi connectivity index (χ4v) is 2.32. The highest BCUT2D eigenvalue weighted by Crippen LogP contribution is 2.21. The summed E-state index contributed by atoms with van der Waals surface area (Å²) in [5.74, 6) is -1.29. The molecule has 6 heteroatoms. The zero-order chi connectivity index (χ0) is 15.2. The van der Waals surface area contributed by atoms with E-state index in [9.17, 15) is 9.18 Å². The highest BCUT2D eigenvalue weighted by atomic mass is 32.1. The van der Waals surface area contributed by atoms with Crippen molar-refractivity contribution >= 4 is 23.4 Å². The lowest BCUT2D eigenvalue weighted by molar-refractivity contribution is -0.131. The van der Waals surface area contributed by atoms with E-state index >= 15 is 0 Å². The van der Waals surface area contributed by atoms with E-state index < -0.39 is 11.8 Å². The van der Waals surface area contributed by atoms with Gasteiger partial charge in [0.05, 0.1) is 5.56 Å². The Balaban J connectivity index is 1.99. The maximum Gasteiger partial charge on any atom is 0.328 e. The first-order valence-electron chi connectivity index (χ1n) is 5.89. The number of carbonyl (C=O) groups is 1. The number of hydrogen-bond donors (Lipinski definition) is 1. The molecule has 0 atom stereocenters. The predicted molar refractivity (Wildman–Crippen MR) is 76.4 cm³/mol. The van der Waals surface area contributed by atoms with Crippen LogP contribution in [0, 0.1) is 17.1 Å². The van der Waals surface area contributed by atoms with E-state index in [1.165, 1.54) is 29.5 Å². The SMILES string of the molecule is N#Cc1ccc(OCc2cc(/C=C/C(=O)O)cs2)cc1F. The van der Waals surface area contributed by atoms with Crippen LogP contribution in [0.5, 0.6) is 5.75 Å². The predicted octanol–water partition coefficient (Wildman–Crippen LogP) is 3.44. The van der Waals surface area contributed by atoms with Crippen molar-refractivity contribution in [2.24, 2.45) is 0 Å². The molecule has 0 spiro atoms. The topological polar surface area (TPSA) is 70.3 Å². The molecule has 4 nitrogen and oxygen atoms in total. The molecule has 0 bridgehead atoms. The Morgan fingerprint density at radius 3 is 2.95 bits per heavy atom. The summed E-state index contributed by atoms with van der Waals surface area (Å²) in [5.41, 5.74) is 0.742. The van der Waals surface area contributed by atoms with Crippen LogP contribution in [0.1, 0.15) is 16.0 Å². The minimum atomic E-state index is -1.01. The zero-order valence-electron chi connectivity index (χ0n) is 10.7. The summed E-state index contributed by atoms with van der Waals surface area (Å²) in [4.78, 5) is 11.3. The average Bonchev–Trinajstić information content (AvgIpc) is 2.91. The summed E-state index contributed by atoms with van der Waals surface area (Å²) in [7, 11) is 0. The lowest BCUT2D eigenvalue weighted by atomic mass is 10.2. The fraction of sp³-hybridized carbons (Fsp3) is 0.0667. The van der Waals surface area contributed by atoms with Crippen LogP contribution < -0.4 is 4.74 Å². The lowest BCUT2D eigenvalue weighted by Gasteiger charge is -2.04. The van der Waals surface area contributed by atoms with Gasteiger partial charge in [-0.15, -0.1) is 11.3 Å². The second kappa shape index (κ2) is 6.68. The lowest BCUT2D eigenvalue weighted by Crippen LogP contribution is -1.94. The Kier molecular flexibility index (Phi) is 4.69. The third-order valence-electron chi connectivity index (χ3n) is 2.53. The maximum atomic E-state index is 13.4. The highest BCUT2D eigenvalue weighted by Gasteiger charge is 2.04. The van der Waals surface area contributed by atoms with Gasteiger partial charge >= 0.3 is 5.97 Å². The van der Waals surface area contributed by atoms with E-state index in [0.717, 1.165) is 22.6 Å². The highest BCUT2D eigenvalue weighted by molar-refractivity contribution is 7.10. The summed E-state index contributed by atoms with van der Waals surface area (Å²) in [6, 6.07) is 7.59. The number of carboxylic acids is 1. The standard InChI is InChI=1S/C15H10FNO3S/c16-14-6-12(3-2-11(14)7-17)20-8-13-5-10(9-21-13)1-4-15(18)19/h1-6,9H,8H2,(H,18,19)/b4-1+. The minimum Gasteiger partial charge on any atom is -0.488 e. The normalized spacial score (nSPS) is 10.5. The Morgan fingerprint density at radius 1 is 1.48 bits per heavy atom. The van der Waals surface area contributed by atoms with Gasteiger partial charge in [0.2, 0.25) is 0 Å². The van der Waals surface area contributed by atoms with Crippen LogP contribution in [-0.2, 0) is 11.4 Å². The molecule has 0 unspecified atom stereocenters. The molecule has 0 fully saturated rings. The fourth-order valence-electron chi connectivity index (χ4n) is 1.56. The van der Waals surface area contributed by atoms with Gasteiger partial charge in [0.1, 0.15) is 24.2 Å². The summed E-state index contributed by atoms with van der Waals surface area (Å²) < 4.78 is 18.8. The zero-order valence-corrected chi connectivity index (χ0v) is 11.6. The van der Waals surface area contributed by atoms with Crippen molar-refractivity contribution in [3.63, 3.8) is 0 Å². The third-order valence-corrected chi connectivity index (χ3v) is 3.46. The van der Waals surface area contributed by atoms with Crippen molar-refractivity contribution in [3.05, 3.63) is 57.5 Å². The molecular formula is C15H10FNO3S. The van der Waals surface area contributed by atoms with Gasteiger partial charge in [0, 0.05) is 17.0 Å². The van der Waals surface area contributed by atoms with Gasteiger partial charge in [-0.25, -0.2) is 9.18 Å². The van der Waals surface area contributed by atoms with Gasteiger partial charge in [0.15, 0.2) is 0 Å². The molecular weight excluding hydrogens is 293 g/mol. The maximum absolute atomic E-state index is 13.4. The van der Waals surface area contributed by atoms with Crippen LogP contribution in [0.4, 0.5) is 4.39 Å². The van der Waals surface area contributed by atoms with Crippen LogP contribution in [0.3, 0.4) is 0 Å². The number of nitrogens with zero attached hydrogens (tertiary/aromatic N) is 1. The molecule has 0 aliphatic rings. The van der Waals surface area contributed by atoms with Gasteiger partial charge in [-0.1, -0.05) is 0 Å². The Hall–Kier alpha value is -2.65. The Labute approximate surface area is 124 Å². The molecule has 0 radical (unpaired) electrons. The number of halogens is 1. The van der Waals surface area contributed by atoms with Gasteiger partial charge in [0.25, 0.3) is 0 Å². The first-order valence-corrected chi connectivity index (χ1v) is 6.77. The number of carboxylic acid groups (broad SMARTS) is 1. The van der Waals surface area contributed by atoms with E-state index in [4.69, 9.17) is 15.1 Å². The number of benzene rings is 1. The molecule has 0 aliphatic carbocycles. The molecule has 0 saturated heterocycles. The molecule has 106 valence electrons. The van der Waals surface area contributed by atoms with Crippen LogP contribution in [0.2, 0.25) is 0 Å². The number of thiophene rings is 1. The van der Waals surface area contributed by atoms with Gasteiger partial charge in [-0.2, -0.15) is 5.26 Å². The second-order valence-corrected chi connectivity index (χ2v) is 5.06. The molecule has 2 rings (SSSR count).